The van der Waals surface area contributed by atoms with Gasteiger partial charge >= 0.3 is 39.5 Å². The standard InChI is InChI=1S/C71H138O17P2/c1-9-63(7)49-41-33-27-29-36-44-52-69(74)82-58-67(88-71(76)54-46-38-30-28-34-42-50-64(8)10-2)60-86-90(79,80)84-56-65(72)55-83-89(77,78)85-59-66(87-70(75)53-45-37-26-22-18-17-20-24-32-40-48-62(5)6)57-81-68(73)51-43-35-25-21-16-14-12-11-13-15-19-23-31-39-47-61(3)4/h61-67,72H,9-60H2,1-8H3,(H,77,78)(H,79,80)/t63?,64?,65-,66-,67-/m1/s1. The van der Waals surface area contributed by atoms with Crippen molar-refractivity contribution in [2.45, 2.75) is 369 Å². The number of hydrogen-bond donors (Lipinski definition) is 3. The Kier molecular flexibility index (Phi) is 59.4. The second-order valence-electron chi connectivity index (χ2n) is 27.1. The molecule has 0 saturated heterocycles. The Morgan fingerprint density at radius 3 is 0.789 bits per heavy atom. The van der Waals surface area contributed by atoms with E-state index in [9.17, 15) is 43.2 Å². The smallest absolute Gasteiger partial charge is 0.462 e. The first-order chi connectivity index (χ1) is 43.2. The molecule has 0 aliphatic carbocycles. The summed E-state index contributed by atoms with van der Waals surface area (Å²) in [6, 6.07) is 0. The summed E-state index contributed by atoms with van der Waals surface area (Å²) in [5, 5.41) is 10.6. The van der Waals surface area contributed by atoms with Crippen LogP contribution in [0.25, 0.3) is 0 Å². The highest BCUT2D eigenvalue weighted by molar-refractivity contribution is 7.47. The lowest BCUT2D eigenvalue weighted by atomic mass is 10.00. The average Bonchev–Trinajstić information content (AvgIpc) is 3.72. The van der Waals surface area contributed by atoms with Gasteiger partial charge in [-0.2, -0.15) is 0 Å². The van der Waals surface area contributed by atoms with E-state index < -0.39 is 97.5 Å². The van der Waals surface area contributed by atoms with Crippen LogP contribution in [0.5, 0.6) is 0 Å². The molecule has 0 spiro atoms. The normalized spacial score (nSPS) is 14.9. The lowest BCUT2D eigenvalue weighted by Crippen LogP contribution is -2.30. The predicted octanol–water partition coefficient (Wildman–Crippen LogP) is 20.1. The highest BCUT2D eigenvalue weighted by Crippen LogP contribution is 2.45. The first kappa shape index (κ1) is 88.1. The molecule has 4 unspecified atom stereocenters. The molecular formula is C71H138O17P2. The van der Waals surface area contributed by atoms with Gasteiger partial charge in [-0.25, -0.2) is 9.13 Å². The first-order valence-electron chi connectivity index (χ1n) is 36.8. The predicted molar refractivity (Wildman–Crippen MR) is 363 cm³/mol. The molecule has 0 aromatic carbocycles. The molecule has 0 radical (unpaired) electrons. The molecule has 0 aliphatic rings. The minimum Gasteiger partial charge on any atom is -0.462 e. The Morgan fingerprint density at radius 2 is 0.533 bits per heavy atom. The molecule has 0 heterocycles. The van der Waals surface area contributed by atoms with Crippen LogP contribution in [0.2, 0.25) is 0 Å². The van der Waals surface area contributed by atoms with Crippen LogP contribution < -0.4 is 0 Å². The van der Waals surface area contributed by atoms with Gasteiger partial charge in [0.2, 0.25) is 0 Å². The van der Waals surface area contributed by atoms with Gasteiger partial charge in [0.15, 0.2) is 12.2 Å². The van der Waals surface area contributed by atoms with E-state index in [-0.39, 0.29) is 25.7 Å². The summed E-state index contributed by atoms with van der Waals surface area (Å²) < 4.78 is 68.3. The lowest BCUT2D eigenvalue weighted by molar-refractivity contribution is -0.161. The van der Waals surface area contributed by atoms with Crippen LogP contribution in [0.4, 0.5) is 0 Å². The van der Waals surface area contributed by atoms with Crippen molar-refractivity contribution in [1.29, 1.82) is 0 Å². The molecule has 0 bridgehead atoms. The number of phosphoric acid groups is 2. The van der Waals surface area contributed by atoms with Gasteiger partial charge in [0.05, 0.1) is 26.4 Å². The van der Waals surface area contributed by atoms with E-state index in [0.717, 1.165) is 120 Å². The zero-order valence-corrected chi connectivity index (χ0v) is 60.6. The maximum Gasteiger partial charge on any atom is 0.472 e. The van der Waals surface area contributed by atoms with Gasteiger partial charge in [-0.15, -0.1) is 0 Å². The third kappa shape index (κ3) is 62.2. The molecule has 90 heavy (non-hydrogen) atoms. The monoisotopic (exact) mass is 1320 g/mol. The molecule has 0 aromatic rings. The largest absolute Gasteiger partial charge is 0.472 e. The Bertz CT molecular complexity index is 1790. The minimum atomic E-state index is -4.95. The van der Waals surface area contributed by atoms with Crippen LogP contribution in [-0.2, 0) is 65.4 Å². The molecule has 3 N–H and O–H groups in total. The van der Waals surface area contributed by atoms with Crippen LogP contribution in [0.3, 0.4) is 0 Å². The second kappa shape index (κ2) is 60.7. The molecule has 17 nitrogen and oxygen atoms in total. The summed E-state index contributed by atoms with van der Waals surface area (Å²) in [4.78, 5) is 72.5. The van der Waals surface area contributed by atoms with E-state index in [4.69, 9.17) is 37.0 Å². The second-order valence-corrected chi connectivity index (χ2v) is 30.0. The van der Waals surface area contributed by atoms with Crippen molar-refractivity contribution in [2.24, 2.45) is 23.7 Å². The number of carbonyl (C=O) groups is 4. The van der Waals surface area contributed by atoms with Crippen molar-refractivity contribution in [3.8, 4) is 0 Å². The topological polar surface area (TPSA) is 237 Å². The quantitative estimate of drug-likeness (QED) is 0.0222. The summed E-state index contributed by atoms with van der Waals surface area (Å²) >= 11 is 0. The van der Waals surface area contributed by atoms with Gasteiger partial charge < -0.3 is 33.8 Å². The molecule has 0 amide bonds. The summed E-state index contributed by atoms with van der Waals surface area (Å²) in [7, 11) is -9.90. The molecule has 19 heteroatoms. The maximum absolute atomic E-state index is 13.0. The van der Waals surface area contributed by atoms with Crippen molar-refractivity contribution in [3.63, 3.8) is 0 Å². The van der Waals surface area contributed by atoms with Gasteiger partial charge in [-0.3, -0.25) is 37.3 Å². The fraction of sp³-hybridized carbons (Fsp3) is 0.944. The highest BCUT2D eigenvalue weighted by Gasteiger charge is 2.30. The fourth-order valence-corrected chi connectivity index (χ4v) is 12.2. The molecular weight excluding hydrogens is 1190 g/mol. The number of aliphatic hydroxyl groups excluding tert-OH is 1. The number of phosphoric ester groups is 2. The number of aliphatic hydroxyl groups is 1. The van der Waals surface area contributed by atoms with E-state index in [1.165, 1.54) is 148 Å². The zero-order valence-electron chi connectivity index (χ0n) is 58.8. The van der Waals surface area contributed by atoms with Crippen LogP contribution >= 0.6 is 15.6 Å². The molecule has 0 fully saturated rings. The molecule has 7 atom stereocenters. The third-order valence-corrected chi connectivity index (χ3v) is 18.9. The van der Waals surface area contributed by atoms with Crippen molar-refractivity contribution in [1.82, 2.24) is 0 Å². The number of unbranched alkanes of at least 4 members (excludes halogenated alkanes) is 32. The zero-order chi connectivity index (χ0) is 66.8. The molecule has 0 saturated carbocycles. The van der Waals surface area contributed by atoms with Gasteiger partial charge in [0.1, 0.15) is 19.3 Å². The van der Waals surface area contributed by atoms with Crippen molar-refractivity contribution < 1.29 is 80.2 Å². The number of ether oxygens (including phenoxy) is 4. The SMILES string of the molecule is CCC(C)CCCCCCCCC(=O)OC[C@H](COP(=O)(O)OC[C@H](O)COP(=O)(O)OC[C@@H](COC(=O)CCCCCCCCCCCCCCCCC(C)C)OC(=O)CCCCCCCCCCCCC(C)C)OC(=O)CCCCCCCCC(C)CC. The lowest BCUT2D eigenvalue weighted by Gasteiger charge is -2.21. The Hall–Kier alpha value is -1.94. The van der Waals surface area contributed by atoms with Crippen LogP contribution in [-0.4, -0.2) is 96.7 Å². The van der Waals surface area contributed by atoms with Crippen LogP contribution in [0.15, 0.2) is 0 Å². The maximum atomic E-state index is 13.0. The summed E-state index contributed by atoms with van der Waals surface area (Å²) in [6.45, 7) is 14.1. The van der Waals surface area contributed by atoms with Crippen molar-refractivity contribution in [3.05, 3.63) is 0 Å². The molecule has 0 aliphatic heterocycles. The molecule has 0 aromatic heterocycles. The number of rotatable bonds is 68. The average molecular weight is 1330 g/mol. The van der Waals surface area contributed by atoms with E-state index in [1.807, 2.05) is 0 Å². The summed E-state index contributed by atoms with van der Waals surface area (Å²) in [5.41, 5.74) is 0. The highest BCUT2D eigenvalue weighted by atomic mass is 31.2. The Labute approximate surface area is 549 Å². The van der Waals surface area contributed by atoms with E-state index in [2.05, 4.69) is 55.4 Å². The van der Waals surface area contributed by atoms with Crippen molar-refractivity contribution >= 4 is 39.5 Å². The van der Waals surface area contributed by atoms with Gasteiger partial charge in [0.25, 0.3) is 0 Å². The molecule has 0 rings (SSSR count). The Morgan fingerprint density at radius 1 is 0.311 bits per heavy atom. The molecule has 534 valence electrons. The fourth-order valence-electron chi connectivity index (χ4n) is 10.6. The summed E-state index contributed by atoms with van der Waals surface area (Å²) in [5.74, 6) is 0.871. The van der Waals surface area contributed by atoms with E-state index in [1.54, 1.807) is 0 Å². The van der Waals surface area contributed by atoms with E-state index >= 15 is 0 Å². The first-order valence-corrected chi connectivity index (χ1v) is 39.8. The van der Waals surface area contributed by atoms with Crippen LogP contribution in [0, 0.1) is 23.7 Å². The van der Waals surface area contributed by atoms with Crippen molar-refractivity contribution in [2.75, 3.05) is 39.6 Å². The number of esters is 4. The number of carbonyl (C=O) groups excluding carboxylic acids is 4. The summed E-state index contributed by atoms with van der Waals surface area (Å²) in [6.07, 6.45) is 43.1. The van der Waals surface area contributed by atoms with Gasteiger partial charge in [-0.05, 0) is 49.4 Å². The third-order valence-electron chi connectivity index (χ3n) is 17.0. The number of hydrogen-bond acceptors (Lipinski definition) is 15. The van der Waals surface area contributed by atoms with Gasteiger partial charge in [-0.1, -0.05) is 299 Å². The van der Waals surface area contributed by atoms with Gasteiger partial charge in [0, 0.05) is 25.7 Å². The van der Waals surface area contributed by atoms with E-state index in [0.29, 0.717) is 25.7 Å². The Balaban J connectivity index is 5.23. The minimum absolute atomic E-state index is 0.102. The van der Waals surface area contributed by atoms with Crippen LogP contribution in [0.1, 0.15) is 351 Å².